The summed E-state index contributed by atoms with van der Waals surface area (Å²) in [6, 6.07) is 8.33. The molecular formula is C27H42O5. The fourth-order valence-corrected chi connectivity index (χ4v) is 4.33. The Morgan fingerprint density at radius 3 is 1.94 bits per heavy atom. The van der Waals surface area contributed by atoms with Crippen LogP contribution in [0.5, 0.6) is 5.75 Å². The highest BCUT2D eigenvalue weighted by atomic mass is 16.6. The molecule has 0 bridgehead atoms. The van der Waals surface area contributed by atoms with Crippen LogP contribution in [0.15, 0.2) is 36.4 Å². The van der Waals surface area contributed by atoms with Crippen molar-refractivity contribution >= 4 is 11.9 Å². The Labute approximate surface area is 194 Å². The van der Waals surface area contributed by atoms with E-state index in [1.54, 1.807) is 6.92 Å². The first-order valence-electron chi connectivity index (χ1n) is 11.8. The van der Waals surface area contributed by atoms with Gasteiger partial charge < -0.3 is 14.2 Å². The molecule has 0 fully saturated rings. The zero-order valence-corrected chi connectivity index (χ0v) is 21.0. The first-order valence-corrected chi connectivity index (χ1v) is 11.8. The highest BCUT2D eigenvalue weighted by molar-refractivity contribution is 5.86. The van der Waals surface area contributed by atoms with Gasteiger partial charge >= 0.3 is 11.9 Å². The van der Waals surface area contributed by atoms with E-state index >= 15 is 0 Å². The highest BCUT2D eigenvalue weighted by Crippen LogP contribution is 2.41. The summed E-state index contributed by atoms with van der Waals surface area (Å²) in [7, 11) is 0. The Balaban J connectivity index is 2.45. The van der Waals surface area contributed by atoms with Gasteiger partial charge in [0.25, 0.3) is 0 Å². The standard InChI is InChI=1S/C27H42O5/c1-18(2)25(19(3)4)26(20(5)6)22-11-13-23(14-12-22)30-16-17-31-24(28)10-9-15-32-27(29)21(7)8/h11-14,18-20,25-26H,7,9-10,15-17H2,1-6,8H3. The van der Waals surface area contributed by atoms with E-state index in [4.69, 9.17) is 14.2 Å². The molecule has 5 heteroatoms. The number of carbonyl (C=O) groups is 2. The van der Waals surface area contributed by atoms with Gasteiger partial charge in [-0.25, -0.2) is 4.79 Å². The number of hydrogen-bond donors (Lipinski definition) is 0. The molecule has 0 aliphatic heterocycles. The van der Waals surface area contributed by atoms with Crippen LogP contribution in [0, 0.1) is 23.7 Å². The van der Waals surface area contributed by atoms with Gasteiger partial charge in [0.05, 0.1) is 6.61 Å². The monoisotopic (exact) mass is 446 g/mol. The van der Waals surface area contributed by atoms with Gasteiger partial charge in [-0.2, -0.15) is 0 Å². The summed E-state index contributed by atoms with van der Waals surface area (Å²) in [6.45, 7) is 19.6. The van der Waals surface area contributed by atoms with Crippen LogP contribution < -0.4 is 4.74 Å². The molecule has 0 radical (unpaired) electrons. The molecule has 0 heterocycles. The quantitative estimate of drug-likeness (QED) is 0.194. The average molecular weight is 447 g/mol. The number of hydrogen-bond acceptors (Lipinski definition) is 5. The van der Waals surface area contributed by atoms with Crippen molar-refractivity contribution in [3.05, 3.63) is 42.0 Å². The van der Waals surface area contributed by atoms with Crippen LogP contribution in [0.25, 0.3) is 0 Å². The van der Waals surface area contributed by atoms with Gasteiger partial charge in [0.15, 0.2) is 0 Å². The lowest BCUT2D eigenvalue weighted by atomic mass is 9.68. The number of ether oxygens (including phenoxy) is 3. The maximum Gasteiger partial charge on any atom is 0.333 e. The van der Waals surface area contributed by atoms with E-state index in [1.165, 1.54) is 5.56 Å². The second-order valence-corrected chi connectivity index (χ2v) is 9.49. The molecule has 1 rings (SSSR count). The van der Waals surface area contributed by atoms with Crippen molar-refractivity contribution in [1.82, 2.24) is 0 Å². The van der Waals surface area contributed by atoms with Crippen molar-refractivity contribution in [3.63, 3.8) is 0 Å². The molecular weight excluding hydrogens is 404 g/mol. The van der Waals surface area contributed by atoms with Gasteiger partial charge in [0.2, 0.25) is 0 Å². The Bertz CT molecular complexity index is 710. The number of carbonyl (C=O) groups excluding carboxylic acids is 2. The summed E-state index contributed by atoms with van der Waals surface area (Å²) in [5.74, 6) is 2.90. The van der Waals surface area contributed by atoms with Crippen molar-refractivity contribution in [2.24, 2.45) is 23.7 Å². The summed E-state index contributed by atoms with van der Waals surface area (Å²) in [5, 5.41) is 0. The van der Waals surface area contributed by atoms with Gasteiger partial charge in [-0.3, -0.25) is 4.79 Å². The number of esters is 2. The SMILES string of the molecule is C=C(C)C(=O)OCCCC(=O)OCCOc1ccc(C(C(C)C)C(C(C)C)C(C)C)cc1. The lowest BCUT2D eigenvalue weighted by Crippen LogP contribution is -2.27. The minimum Gasteiger partial charge on any atom is -0.490 e. The van der Waals surface area contributed by atoms with Gasteiger partial charge in [0, 0.05) is 12.0 Å². The van der Waals surface area contributed by atoms with Gasteiger partial charge in [0.1, 0.15) is 19.0 Å². The number of benzene rings is 1. The molecule has 0 saturated heterocycles. The van der Waals surface area contributed by atoms with Crippen molar-refractivity contribution < 1.29 is 23.8 Å². The van der Waals surface area contributed by atoms with E-state index in [2.05, 4.69) is 60.3 Å². The Kier molecular flexibility index (Phi) is 12.1. The topological polar surface area (TPSA) is 61.8 Å². The predicted octanol–water partition coefficient (Wildman–Crippen LogP) is 6.18. The second-order valence-electron chi connectivity index (χ2n) is 9.49. The average Bonchev–Trinajstić information content (AvgIpc) is 2.71. The van der Waals surface area contributed by atoms with E-state index in [9.17, 15) is 9.59 Å². The molecule has 5 nitrogen and oxygen atoms in total. The third kappa shape index (κ3) is 9.46. The fraction of sp³-hybridized carbons (Fsp3) is 0.630. The first-order chi connectivity index (χ1) is 15.0. The van der Waals surface area contributed by atoms with Crippen LogP contribution in [0.4, 0.5) is 0 Å². The maximum absolute atomic E-state index is 11.8. The van der Waals surface area contributed by atoms with Crippen molar-refractivity contribution in [1.29, 1.82) is 0 Å². The molecule has 0 aliphatic rings. The molecule has 0 saturated carbocycles. The lowest BCUT2D eigenvalue weighted by Gasteiger charge is -2.36. The third-order valence-corrected chi connectivity index (χ3v) is 5.66. The van der Waals surface area contributed by atoms with Crippen LogP contribution in [-0.2, 0) is 19.1 Å². The largest absolute Gasteiger partial charge is 0.490 e. The minimum absolute atomic E-state index is 0.176. The van der Waals surface area contributed by atoms with E-state index in [-0.39, 0.29) is 25.6 Å². The molecule has 0 N–H and O–H groups in total. The minimum atomic E-state index is -0.443. The molecule has 32 heavy (non-hydrogen) atoms. The zero-order chi connectivity index (χ0) is 24.3. The van der Waals surface area contributed by atoms with Gasteiger partial charge in [-0.05, 0) is 60.6 Å². The molecule has 1 atom stereocenters. The Hall–Kier alpha value is -2.30. The molecule has 0 spiro atoms. The highest BCUT2D eigenvalue weighted by Gasteiger charge is 2.30. The molecule has 1 aromatic carbocycles. The summed E-state index contributed by atoms with van der Waals surface area (Å²) in [6.07, 6.45) is 0.618. The molecule has 0 aliphatic carbocycles. The molecule has 0 aromatic heterocycles. The first kappa shape index (κ1) is 27.7. The second kappa shape index (κ2) is 14.0. The summed E-state index contributed by atoms with van der Waals surface area (Å²) in [4.78, 5) is 23.0. The third-order valence-electron chi connectivity index (χ3n) is 5.66. The van der Waals surface area contributed by atoms with Crippen LogP contribution >= 0.6 is 0 Å². The summed E-state index contributed by atoms with van der Waals surface area (Å²) in [5.41, 5.74) is 1.69. The van der Waals surface area contributed by atoms with E-state index in [1.807, 2.05) is 12.1 Å². The van der Waals surface area contributed by atoms with Crippen LogP contribution in [0.3, 0.4) is 0 Å². The fourth-order valence-electron chi connectivity index (χ4n) is 4.33. The maximum atomic E-state index is 11.8. The van der Waals surface area contributed by atoms with E-state index in [0.717, 1.165) is 5.75 Å². The Morgan fingerprint density at radius 1 is 0.844 bits per heavy atom. The molecule has 0 amide bonds. The van der Waals surface area contributed by atoms with Crippen LogP contribution in [0.1, 0.15) is 72.8 Å². The molecule has 1 unspecified atom stereocenters. The van der Waals surface area contributed by atoms with E-state index in [0.29, 0.717) is 48.2 Å². The normalized spacial score (nSPS) is 12.3. The van der Waals surface area contributed by atoms with Crippen molar-refractivity contribution in [2.75, 3.05) is 19.8 Å². The van der Waals surface area contributed by atoms with Gasteiger partial charge in [-0.15, -0.1) is 0 Å². The predicted molar refractivity (Wildman–Crippen MR) is 129 cm³/mol. The van der Waals surface area contributed by atoms with Crippen LogP contribution in [-0.4, -0.2) is 31.8 Å². The van der Waals surface area contributed by atoms with Crippen molar-refractivity contribution in [3.8, 4) is 5.75 Å². The van der Waals surface area contributed by atoms with E-state index < -0.39 is 5.97 Å². The summed E-state index contributed by atoms with van der Waals surface area (Å²) < 4.78 is 15.9. The van der Waals surface area contributed by atoms with Gasteiger partial charge in [-0.1, -0.05) is 60.3 Å². The molecule has 180 valence electrons. The Morgan fingerprint density at radius 2 is 1.44 bits per heavy atom. The zero-order valence-electron chi connectivity index (χ0n) is 21.0. The smallest absolute Gasteiger partial charge is 0.333 e. The number of rotatable bonds is 14. The van der Waals surface area contributed by atoms with Crippen LogP contribution in [0.2, 0.25) is 0 Å². The lowest BCUT2D eigenvalue weighted by molar-refractivity contribution is -0.146. The molecule has 1 aromatic rings. The van der Waals surface area contributed by atoms with Crippen molar-refractivity contribution in [2.45, 2.75) is 67.2 Å². The summed E-state index contributed by atoms with van der Waals surface area (Å²) >= 11 is 0.